The number of rotatable bonds is 3. The molecule has 1 aromatic carbocycles. The van der Waals surface area contributed by atoms with E-state index in [2.05, 4.69) is 10.00 Å². The molecule has 3 heterocycles. The minimum absolute atomic E-state index is 0.0102. The molecule has 0 N–H and O–H groups in total. The quantitative estimate of drug-likeness (QED) is 0.688. The summed E-state index contributed by atoms with van der Waals surface area (Å²) in [6.45, 7) is 7.66. The van der Waals surface area contributed by atoms with Crippen molar-refractivity contribution in [1.29, 1.82) is 0 Å². The smallest absolute Gasteiger partial charge is 0.274 e. The van der Waals surface area contributed by atoms with E-state index in [1.165, 1.54) is 0 Å². The standard InChI is InChI=1S/C18H20ClN5OS/c1-3-24-12(2)10-15(21-24)17(25)22-6-8-23(9-7-22)18-20-14-5-4-13(19)11-16(14)26-18/h4-5,10-11H,3,6-9H2,1-2H3. The van der Waals surface area contributed by atoms with Gasteiger partial charge in [-0.1, -0.05) is 22.9 Å². The van der Waals surface area contributed by atoms with E-state index in [9.17, 15) is 4.79 Å². The normalized spacial score (nSPS) is 15.0. The summed E-state index contributed by atoms with van der Waals surface area (Å²) in [5, 5.41) is 6.12. The predicted molar refractivity (Wildman–Crippen MR) is 105 cm³/mol. The summed E-state index contributed by atoms with van der Waals surface area (Å²) in [5.41, 5.74) is 2.52. The van der Waals surface area contributed by atoms with Crippen LogP contribution in [0.25, 0.3) is 10.2 Å². The third-order valence-corrected chi connectivity index (χ3v) is 5.99. The Kier molecular flexibility index (Phi) is 4.58. The van der Waals surface area contributed by atoms with Gasteiger partial charge in [-0.3, -0.25) is 9.48 Å². The van der Waals surface area contributed by atoms with Gasteiger partial charge in [0.15, 0.2) is 10.8 Å². The Labute approximate surface area is 161 Å². The molecule has 1 saturated heterocycles. The van der Waals surface area contributed by atoms with Gasteiger partial charge in [-0.15, -0.1) is 0 Å². The number of piperazine rings is 1. The number of aryl methyl sites for hydroxylation is 2. The van der Waals surface area contributed by atoms with Crippen LogP contribution in [0, 0.1) is 6.92 Å². The summed E-state index contributed by atoms with van der Waals surface area (Å²) >= 11 is 7.71. The van der Waals surface area contributed by atoms with Gasteiger partial charge in [-0.05, 0) is 38.1 Å². The van der Waals surface area contributed by atoms with Gasteiger partial charge in [0.05, 0.1) is 10.2 Å². The molecule has 0 unspecified atom stereocenters. The third kappa shape index (κ3) is 3.17. The maximum absolute atomic E-state index is 12.7. The molecule has 1 aliphatic rings. The number of amides is 1. The van der Waals surface area contributed by atoms with E-state index in [1.807, 2.05) is 47.7 Å². The molecule has 0 spiro atoms. The van der Waals surface area contributed by atoms with Crippen LogP contribution in [0.2, 0.25) is 5.02 Å². The van der Waals surface area contributed by atoms with E-state index in [0.29, 0.717) is 18.8 Å². The van der Waals surface area contributed by atoms with Gasteiger partial charge in [0, 0.05) is 43.4 Å². The Balaban J connectivity index is 1.45. The number of hydrogen-bond donors (Lipinski definition) is 0. The number of anilines is 1. The fourth-order valence-corrected chi connectivity index (χ4v) is 4.51. The van der Waals surface area contributed by atoms with Crippen molar-refractivity contribution < 1.29 is 4.79 Å². The maximum Gasteiger partial charge on any atom is 0.274 e. The average molecular weight is 390 g/mol. The lowest BCUT2D eigenvalue weighted by Gasteiger charge is -2.34. The molecular formula is C18H20ClN5OS. The number of halogens is 1. The number of thiazole rings is 1. The predicted octanol–water partition coefficient (Wildman–Crippen LogP) is 3.44. The van der Waals surface area contributed by atoms with E-state index in [4.69, 9.17) is 16.6 Å². The van der Waals surface area contributed by atoms with Gasteiger partial charge in [-0.25, -0.2) is 4.98 Å². The van der Waals surface area contributed by atoms with Crippen LogP contribution < -0.4 is 4.90 Å². The van der Waals surface area contributed by atoms with Crippen LogP contribution in [-0.4, -0.2) is 51.8 Å². The Bertz CT molecular complexity index is 958. The Hall–Kier alpha value is -2.12. The van der Waals surface area contributed by atoms with E-state index < -0.39 is 0 Å². The molecule has 3 aromatic rings. The topological polar surface area (TPSA) is 54.3 Å². The molecule has 0 radical (unpaired) electrons. The summed E-state index contributed by atoms with van der Waals surface area (Å²) in [4.78, 5) is 21.5. The van der Waals surface area contributed by atoms with Crippen molar-refractivity contribution in [3.05, 3.63) is 40.7 Å². The van der Waals surface area contributed by atoms with Crippen molar-refractivity contribution in [2.24, 2.45) is 0 Å². The molecule has 0 bridgehead atoms. The van der Waals surface area contributed by atoms with Crippen molar-refractivity contribution >= 4 is 44.2 Å². The monoisotopic (exact) mass is 389 g/mol. The molecule has 0 saturated carbocycles. The van der Waals surface area contributed by atoms with Gasteiger partial charge >= 0.3 is 0 Å². The third-order valence-electron chi connectivity index (χ3n) is 4.68. The van der Waals surface area contributed by atoms with E-state index >= 15 is 0 Å². The zero-order chi connectivity index (χ0) is 18.3. The Morgan fingerprint density at radius 1 is 1.23 bits per heavy atom. The number of fused-ring (bicyclic) bond motifs is 1. The lowest BCUT2D eigenvalue weighted by Crippen LogP contribution is -2.48. The summed E-state index contributed by atoms with van der Waals surface area (Å²) in [6.07, 6.45) is 0. The summed E-state index contributed by atoms with van der Waals surface area (Å²) in [6, 6.07) is 7.63. The van der Waals surface area contributed by atoms with Gasteiger partial charge in [-0.2, -0.15) is 5.10 Å². The van der Waals surface area contributed by atoms with Gasteiger partial charge < -0.3 is 9.80 Å². The molecular weight excluding hydrogens is 370 g/mol. The van der Waals surface area contributed by atoms with Crippen molar-refractivity contribution in [3.8, 4) is 0 Å². The largest absolute Gasteiger partial charge is 0.345 e. The molecule has 1 aliphatic heterocycles. The highest BCUT2D eigenvalue weighted by Crippen LogP contribution is 2.31. The highest BCUT2D eigenvalue weighted by molar-refractivity contribution is 7.22. The number of benzene rings is 1. The molecule has 2 aromatic heterocycles. The molecule has 4 rings (SSSR count). The lowest BCUT2D eigenvalue weighted by atomic mass is 10.2. The fourth-order valence-electron chi connectivity index (χ4n) is 3.22. The van der Waals surface area contributed by atoms with Crippen LogP contribution in [0.15, 0.2) is 24.3 Å². The highest BCUT2D eigenvalue weighted by Gasteiger charge is 2.25. The van der Waals surface area contributed by atoms with Crippen LogP contribution in [0.1, 0.15) is 23.1 Å². The molecule has 6 nitrogen and oxygen atoms in total. The Morgan fingerprint density at radius 2 is 2.00 bits per heavy atom. The minimum Gasteiger partial charge on any atom is -0.345 e. The average Bonchev–Trinajstić information content (AvgIpc) is 3.24. The number of carbonyl (C=O) groups is 1. The molecule has 1 amide bonds. The fraction of sp³-hybridized carbons (Fsp3) is 0.389. The van der Waals surface area contributed by atoms with Crippen LogP contribution >= 0.6 is 22.9 Å². The van der Waals surface area contributed by atoms with Gasteiger partial charge in [0.1, 0.15) is 0 Å². The highest BCUT2D eigenvalue weighted by atomic mass is 35.5. The van der Waals surface area contributed by atoms with E-state index in [1.54, 1.807) is 11.3 Å². The number of aromatic nitrogens is 3. The molecule has 136 valence electrons. The second-order valence-electron chi connectivity index (χ2n) is 6.37. The van der Waals surface area contributed by atoms with E-state index in [-0.39, 0.29) is 5.91 Å². The lowest BCUT2D eigenvalue weighted by molar-refractivity contribution is 0.0740. The van der Waals surface area contributed by atoms with Crippen LogP contribution in [0.3, 0.4) is 0 Å². The van der Waals surface area contributed by atoms with Crippen molar-refractivity contribution in [2.45, 2.75) is 20.4 Å². The second-order valence-corrected chi connectivity index (χ2v) is 7.82. The molecule has 0 atom stereocenters. The first-order valence-corrected chi connectivity index (χ1v) is 9.89. The molecule has 26 heavy (non-hydrogen) atoms. The Morgan fingerprint density at radius 3 is 2.69 bits per heavy atom. The van der Waals surface area contributed by atoms with E-state index in [0.717, 1.165) is 45.7 Å². The van der Waals surface area contributed by atoms with Crippen LogP contribution in [0.5, 0.6) is 0 Å². The molecule has 8 heteroatoms. The first-order valence-electron chi connectivity index (χ1n) is 8.70. The van der Waals surface area contributed by atoms with Crippen LogP contribution in [0.4, 0.5) is 5.13 Å². The molecule has 1 fully saturated rings. The van der Waals surface area contributed by atoms with Gasteiger partial charge in [0.2, 0.25) is 0 Å². The summed E-state index contributed by atoms with van der Waals surface area (Å²) < 4.78 is 2.95. The van der Waals surface area contributed by atoms with Crippen molar-refractivity contribution in [2.75, 3.05) is 31.1 Å². The summed E-state index contributed by atoms with van der Waals surface area (Å²) in [5.74, 6) is 0.0102. The van der Waals surface area contributed by atoms with Crippen molar-refractivity contribution in [1.82, 2.24) is 19.7 Å². The zero-order valence-corrected chi connectivity index (χ0v) is 16.3. The maximum atomic E-state index is 12.7. The number of carbonyl (C=O) groups excluding carboxylic acids is 1. The summed E-state index contributed by atoms with van der Waals surface area (Å²) in [7, 11) is 0. The second kappa shape index (κ2) is 6.89. The molecule has 0 aliphatic carbocycles. The van der Waals surface area contributed by atoms with Gasteiger partial charge in [0.25, 0.3) is 5.91 Å². The number of nitrogens with zero attached hydrogens (tertiary/aromatic N) is 5. The SMILES string of the molecule is CCn1nc(C(=O)N2CCN(c3nc4ccc(Cl)cc4s3)CC2)cc1C. The number of hydrogen-bond acceptors (Lipinski definition) is 5. The first kappa shape index (κ1) is 17.3. The minimum atomic E-state index is 0.0102. The zero-order valence-electron chi connectivity index (χ0n) is 14.8. The first-order chi connectivity index (χ1) is 12.5. The van der Waals surface area contributed by atoms with Crippen LogP contribution in [-0.2, 0) is 6.54 Å². The van der Waals surface area contributed by atoms with Crippen molar-refractivity contribution in [3.63, 3.8) is 0 Å².